The van der Waals surface area contributed by atoms with Crippen LogP contribution >= 0.6 is 23.2 Å². The number of carbonyl (C=O) groups excluding carboxylic acids is 1. The fourth-order valence-electron chi connectivity index (χ4n) is 3.90. The van der Waals surface area contributed by atoms with Gasteiger partial charge in [-0.25, -0.2) is 4.98 Å². The number of amides is 1. The summed E-state index contributed by atoms with van der Waals surface area (Å²) in [6.07, 6.45) is -0.568. The molecule has 4 rings (SSSR count). The summed E-state index contributed by atoms with van der Waals surface area (Å²) in [6, 6.07) is 7.65. The van der Waals surface area contributed by atoms with Crippen LogP contribution in [0.5, 0.6) is 0 Å². The van der Waals surface area contributed by atoms with Crippen LogP contribution in [0.25, 0.3) is 0 Å². The third kappa shape index (κ3) is 4.10. The fraction of sp³-hybridized carbons (Fsp3) is 0.429. The first-order chi connectivity index (χ1) is 13.7. The van der Waals surface area contributed by atoms with Crippen LogP contribution in [0.15, 0.2) is 30.3 Å². The number of hydrogen-bond acceptors (Lipinski definition) is 2. The quantitative estimate of drug-likeness (QED) is 0.598. The maximum atomic E-state index is 13.6. The molecule has 2 fully saturated rings. The van der Waals surface area contributed by atoms with Crippen molar-refractivity contribution < 1.29 is 18.0 Å². The van der Waals surface area contributed by atoms with E-state index in [1.54, 1.807) is 24.3 Å². The van der Waals surface area contributed by atoms with Crippen molar-refractivity contribution in [3.8, 4) is 0 Å². The fourth-order valence-corrected chi connectivity index (χ4v) is 4.45. The monoisotopic (exact) mass is 442 g/mol. The molecule has 2 aliphatic carbocycles. The largest absolute Gasteiger partial charge is 0.434 e. The molecule has 8 heteroatoms. The molecule has 1 aromatic heterocycles. The molecular formula is C21H19Cl2F3N2O. The van der Waals surface area contributed by atoms with Crippen molar-refractivity contribution >= 4 is 29.1 Å². The summed E-state index contributed by atoms with van der Waals surface area (Å²) in [6.45, 7) is 0. The summed E-state index contributed by atoms with van der Waals surface area (Å²) < 4.78 is 40.7. The van der Waals surface area contributed by atoms with E-state index in [2.05, 4.69) is 10.3 Å². The summed E-state index contributed by atoms with van der Waals surface area (Å²) in [5.41, 5.74) is -0.301. The summed E-state index contributed by atoms with van der Waals surface area (Å²) in [5, 5.41) is 3.74. The zero-order valence-corrected chi connectivity index (χ0v) is 16.9. The Hall–Kier alpha value is -1.79. The molecule has 0 spiro atoms. The molecule has 1 aromatic carbocycles. The smallest absolute Gasteiger partial charge is 0.349 e. The lowest BCUT2D eigenvalue weighted by Gasteiger charge is -2.38. The van der Waals surface area contributed by atoms with E-state index >= 15 is 0 Å². The van der Waals surface area contributed by atoms with Gasteiger partial charge >= 0.3 is 6.18 Å². The van der Waals surface area contributed by atoms with Crippen molar-refractivity contribution in [3.05, 3.63) is 62.9 Å². The van der Waals surface area contributed by atoms with Crippen LogP contribution in [-0.2, 0) is 6.18 Å². The van der Waals surface area contributed by atoms with Gasteiger partial charge < -0.3 is 5.32 Å². The highest BCUT2D eigenvalue weighted by Crippen LogP contribution is 2.42. The first-order valence-electron chi connectivity index (χ1n) is 9.58. The molecule has 0 bridgehead atoms. The van der Waals surface area contributed by atoms with Gasteiger partial charge in [0.2, 0.25) is 0 Å². The lowest BCUT2D eigenvalue weighted by molar-refractivity contribution is -0.141. The number of carbonyl (C=O) groups is 1. The van der Waals surface area contributed by atoms with E-state index in [-0.39, 0.29) is 17.9 Å². The maximum absolute atomic E-state index is 13.6. The van der Waals surface area contributed by atoms with Gasteiger partial charge in [-0.05, 0) is 55.5 Å². The molecule has 2 aromatic rings. The lowest BCUT2D eigenvalue weighted by atomic mass is 9.75. The van der Waals surface area contributed by atoms with E-state index in [9.17, 15) is 18.0 Å². The van der Waals surface area contributed by atoms with Gasteiger partial charge in [0.1, 0.15) is 0 Å². The van der Waals surface area contributed by atoms with E-state index in [4.69, 9.17) is 23.2 Å². The van der Waals surface area contributed by atoms with E-state index in [0.29, 0.717) is 22.2 Å². The van der Waals surface area contributed by atoms with Gasteiger partial charge in [-0.3, -0.25) is 4.79 Å². The second-order valence-electron chi connectivity index (χ2n) is 7.69. The van der Waals surface area contributed by atoms with Crippen LogP contribution < -0.4 is 5.32 Å². The van der Waals surface area contributed by atoms with Crippen LogP contribution in [0, 0.1) is 0 Å². The van der Waals surface area contributed by atoms with Gasteiger partial charge in [0.05, 0.1) is 5.56 Å². The number of benzene rings is 1. The molecule has 1 N–H and O–H groups in total. The first-order valence-corrected chi connectivity index (χ1v) is 10.3. The molecule has 0 radical (unpaired) electrons. The van der Waals surface area contributed by atoms with Gasteiger partial charge in [-0.1, -0.05) is 35.7 Å². The Morgan fingerprint density at radius 1 is 1.07 bits per heavy atom. The predicted molar refractivity (Wildman–Crippen MR) is 106 cm³/mol. The summed E-state index contributed by atoms with van der Waals surface area (Å²) in [5.74, 6) is -0.763. The zero-order valence-electron chi connectivity index (χ0n) is 15.4. The Kier molecular flexibility index (Phi) is 5.51. The number of nitrogens with zero attached hydrogens (tertiary/aromatic N) is 1. The lowest BCUT2D eigenvalue weighted by Crippen LogP contribution is -2.46. The molecule has 0 saturated heterocycles. The molecule has 2 atom stereocenters. The number of nitrogens with one attached hydrogen (secondary N) is 1. The number of halogens is 5. The topological polar surface area (TPSA) is 42.0 Å². The number of alkyl halides is 3. The van der Waals surface area contributed by atoms with Crippen LogP contribution in [0.2, 0.25) is 10.0 Å². The van der Waals surface area contributed by atoms with Gasteiger partial charge in [-0.15, -0.1) is 0 Å². The molecule has 29 heavy (non-hydrogen) atoms. The third-order valence-corrected chi connectivity index (χ3v) is 6.47. The Bertz CT molecular complexity index is 944. The predicted octanol–water partition coefficient (Wildman–Crippen LogP) is 6.35. The second kappa shape index (κ2) is 7.80. The van der Waals surface area contributed by atoms with Crippen molar-refractivity contribution in [1.82, 2.24) is 10.3 Å². The minimum atomic E-state index is -4.69. The molecule has 1 heterocycles. The van der Waals surface area contributed by atoms with Gasteiger partial charge in [-0.2, -0.15) is 13.2 Å². The van der Waals surface area contributed by atoms with E-state index in [1.165, 1.54) is 6.07 Å². The van der Waals surface area contributed by atoms with E-state index in [1.807, 2.05) is 0 Å². The molecule has 1 amide bonds. The average Bonchev–Trinajstić information content (AvgIpc) is 2.58. The SMILES string of the molecule is O=C(N[C@H]1CC[C@H]1c1ccc(Cl)cc1Cl)c1ccc(C2CCC2)nc1C(F)(F)F. The summed E-state index contributed by atoms with van der Waals surface area (Å²) >= 11 is 12.2. The van der Waals surface area contributed by atoms with Gasteiger partial charge in [0, 0.05) is 33.6 Å². The van der Waals surface area contributed by atoms with Gasteiger partial charge in [0.25, 0.3) is 5.91 Å². The number of hydrogen-bond donors (Lipinski definition) is 1. The normalized spacial score (nSPS) is 22.0. The number of aromatic nitrogens is 1. The minimum Gasteiger partial charge on any atom is -0.349 e. The highest BCUT2D eigenvalue weighted by Gasteiger charge is 2.40. The Labute approximate surface area is 176 Å². The highest BCUT2D eigenvalue weighted by atomic mass is 35.5. The highest BCUT2D eigenvalue weighted by molar-refractivity contribution is 6.35. The molecule has 2 aliphatic rings. The maximum Gasteiger partial charge on any atom is 0.434 e. The number of pyridine rings is 1. The van der Waals surface area contributed by atoms with Crippen molar-refractivity contribution in [2.45, 2.75) is 56.2 Å². The zero-order chi connectivity index (χ0) is 20.8. The van der Waals surface area contributed by atoms with Crippen LogP contribution in [0.3, 0.4) is 0 Å². The Morgan fingerprint density at radius 2 is 1.83 bits per heavy atom. The first kappa shape index (κ1) is 20.5. The molecular weight excluding hydrogens is 424 g/mol. The Morgan fingerprint density at radius 3 is 2.38 bits per heavy atom. The molecule has 154 valence electrons. The minimum absolute atomic E-state index is 0.0521. The van der Waals surface area contributed by atoms with Crippen molar-refractivity contribution in [1.29, 1.82) is 0 Å². The molecule has 0 unspecified atom stereocenters. The van der Waals surface area contributed by atoms with Crippen LogP contribution in [0.1, 0.15) is 71.2 Å². The number of rotatable bonds is 4. The molecule has 2 saturated carbocycles. The van der Waals surface area contributed by atoms with Crippen LogP contribution in [-0.4, -0.2) is 16.9 Å². The Balaban J connectivity index is 1.55. The third-order valence-electron chi connectivity index (χ3n) is 5.91. The summed E-state index contributed by atoms with van der Waals surface area (Å²) in [4.78, 5) is 16.5. The van der Waals surface area contributed by atoms with E-state index < -0.39 is 23.3 Å². The van der Waals surface area contributed by atoms with E-state index in [0.717, 1.165) is 31.2 Å². The van der Waals surface area contributed by atoms with Crippen molar-refractivity contribution in [3.63, 3.8) is 0 Å². The van der Waals surface area contributed by atoms with Gasteiger partial charge in [0.15, 0.2) is 5.69 Å². The average molecular weight is 443 g/mol. The van der Waals surface area contributed by atoms with Crippen LogP contribution in [0.4, 0.5) is 13.2 Å². The van der Waals surface area contributed by atoms with Crippen molar-refractivity contribution in [2.75, 3.05) is 0 Å². The molecule has 3 nitrogen and oxygen atoms in total. The summed E-state index contributed by atoms with van der Waals surface area (Å²) in [7, 11) is 0. The second-order valence-corrected chi connectivity index (χ2v) is 8.53. The molecule has 0 aliphatic heterocycles. The van der Waals surface area contributed by atoms with Crippen molar-refractivity contribution in [2.24, 2.45) is 0 Å². The standard InChI is InChI=1S/C21H19Cl2F3N2O/c22-12-4-5-13(16(23)10-12)14-6-9-18(14)28-20(29)15-7-8-17(11-2-1-3-11)27-19(15)21(24,25)26/h4-5,7-8,10-11,14,18H,1-3,6,9H2,(H,28,29)/t14-,18-/m0/s1.